The molecule has 3 aromatic carbocycles. The number of para-hydroxylation sites is 1. The number of carbonyl (C=O) groups excluding carboxylic acids is 2. The third-order valence-electron chi connectivity index (χ3n) is 7.65. The quantitative estimate of drug-likeness (QED) is 0.281. The molecule has 3 amide bonds. The number of nitrogens with zero attached hydrogens (tertiary/aromatic N) is 3. The minimum atomic E-state index is -0.817. The number of H-pyrrole nitrogens is 1. The van der Waals surface area contributed by atoms with Gasteiger partial charge in [0, 0.05) is 48.8 Å². The molecule has 4 N–H and O–H groups in total. The van der Waals surface area contributed by atoms with Crippen LogP contribution in [0.25, 0.3) is 10.9 Å². The van der Waals surface area contributed by atoms with Crippen molar-refractivity contribution < 1.29 is 9.59 Å². The molecule has 4 aromatic rings. The van der Waals surface area contributed by atoms with Crippen molar-refractivity contribution in [3.63, 3.8) is 0 Å². The van der Waals surface area contributed by atoms with E-state index in [0.29, 0.717) is 31.1 Å². The van der Waals surface area contributed by atoms with Gasteiger partial charge in [-0.1, -0.05) is 60.7 Å². The highest BCUT2D eigenvalue weighted by molar-refractivity contribution is 5.97. The topological polar surface area (TPSA) is 97.7 Å². The number of nitrogens with two attached hydrogens (primary N) is 1. The van der Waals surface area contributed by atoms with Gasteiger partial charge in [0.1, 0.15) is 6.04 Å². The molecule has 1 unspecified atom stereocenters. The van der Waals surface area contributed by atoms with E-state index in [1.54, 1.807) is 0 Å². The van der Waals surface area contributed by atoms with Crippen molar-refractivity contribution in [2.45, 2.75) is 37.8 Å². The number of hydrogen-bond donors (Lipinski definition) is 3. The van der Waals surface area contributed by atoms with E-state index in [4.69, 9.17) is 5.73 Å². The number of hydrazine groups is 1. The maximum Gasteiger partial charge on any atom is 0.330 e. The van der Waals surface area contributed by atoms with Crippen LogP contribution in [0.4, 0.5) is 10.5 Å². The van der Waals surface area contributed by atoms with Gasteiger partial charge in [0.15, 0.2) is 0 Å². The molecule has 1 aliphatic rings. The van der Waals surface area contributed by atoms with Crippen LogP contribution in [0.5, 0.6) is 0 Å². The molecule has 0 saturated carbocycles. The fraction of sp³-hybridized carbons (Fsp3) is 0.312. The molecule has 0 bridgehead atoms. The number of rotatable bonds is 9. The van der Waals surface area contributed by atoms with Gasteiger partial charge in [-0.3, -0.25) is 4.79 Å². The van der Waals surface area contributed by atoms with Crippen LogP contribution in [0.2, 0.25) is 0 Å². The molecular weight excluding hydrogens is 500 g/mol. The van der Waals surface area contributed by atoms with Crippen LogP contribution < -0.4 is 11.1 Å². The van der Waals surface area contributed by atoms with Gasteiger partial charge in [0.05, 0.1) is 0 Å². The fourth-order valence-corrected chi connectivity index (χ4v) is 5.77. The van der Waals surface area contributed by atoms with E-state index in [2.05, 4.69) is 39.5 Å². The first-order valence-corrected chi connectivity index (χ1v) is 13.9. The SMILES string of the molecule is CN(C)Cc1cccc(NC(=O)C(Cc2c[nH]c3ccccc23)N(C(N)=O)N2CCC(c3ccccc3)CC2)c1. The van der Waals surface area contributed by atoms with Gasteiger partial charge < -0.3 is 20.9 Å². The molecule has 1 saturated heterocycles. The smallest absolute Gasteiger partial charge is 0.330 e. The Hall–Kier alpha value is -4.14. The summed E-state index contributed by atoms with van der Waals surface area (Å²) in [5.41, 5.74) is 11.1. The lowest BCUT2D eigenvalue weighted by Crippen LogP contribution is -2.60. The lowest BCUT2D eigenvalue weighted by Gasteiger charge is -2.42. The Kier molecular flexibility index (Phi) is 8.48. The van der Waals surface area contributed by atoms with Crippen LogP contribution in [0, 0.1) is 0 Å². The van der Waals surface area contributed by atoms with Crippen molar-refractivity contribution in [2.24, 2.45) is 5.73 Å². The lowest BCUT2D eigenvalue weighted by molar-refractivity contribution is -0.127. The second kappa shape index (κ2) is 12.4. The summed E-state index contributed by atoms with van der Waals surface area (Å²) in [6.45, 7) is 2.03. The summed E-state index contributed by atoms with van der Waals surface area (Å²) >= 11 is 0. The second-order valence-electron chi connectivity index (χ2n) is 10.8. The van der Waals surface area contributed by atoms with Gasteiger partial charge in [0.2, 0.25) is 5.91 Å². The molecule has 8 nitrogen and oxygen atoms in total. The molecule has 40 heavy (non-hydrogen) atoms. The molecule has 8 heteroatoms. The number of carbonyl (C=O) groups is 2. The maximum atomic E-state index is 14.0. The average molecular weight is 539 g/mol. The maximum absolute atomic E-state index is 14.0. The summed E-state index contributed by atoms with van der Waals surface area (Å²) in [5.74, 6) is 0.142. The molecule has 0 aliphatic carbocycles. The number of amides is 3. The number of aromatic nitrogens is 1. The van der Waals surface area contributed by atoms with Gasteiger partial charge in [-0.25, -0.2) is 14.8 Å². The number of urea groups is 1. The van der Waals surface area contributed by atoms with E-state index < -0.39 is 12.1 Å². The average Bonchev–Trinajstić information content (AvgIpc) is 3.36. The van der Waals surface area contributed by atoms with Crippen molar-refractivity contribution in [3.05, 3.63) is 102 Å². The Morgan fingerprint density at radius 3 is 2.45 bits per heavy atom. The van der Waals surface area contributed by atoms with E-state index >= 15 is 0 Å². The zero-order valence-electron chi connectivity index (χ0n) is 23.2. The molecule has 2 heterocycles. The van der Waals surface area contributed by atoms with Crippen molar-refractivity contribution in [1.29, 1.82) is 0 Å². The minimum Gasteiger partial charge on any atom is -0.361 e. The minimum absolute atomic E-state index is 0.267. The van der Waals surface area contributed by atoms with Gasteiger partial charge in [-0.2, -0.15) is 0 Å². The molecule has 1 atom stereocenters. The Labute approximate surface area is 235 Å². The number of primary amides is 1. The Balaban J connectivity index is 1.41. The first kappa shape index (κ1) is 27.4. The van der Waals surface area contributed by atoms with E-state index in [0.717, 1.165) is 41.4 Å². The standard InChI is InChI=1S/C32H38N6O2/c1-36(2)22-23-9-8-12-27(19-23)35-31(39)30(20-26-21-34-29-14-7-6-13-28(26)29)38(32(33)40)37-17-15-25(16-18-37)24-10-4-3-5-11-24/h3-14,19,21,25,30,34H,15-18,20,22H2,1-2H3,(H2,33,40)(H,35,39). The first-order valence-electron chi connectivity index (χ1n) is 13.9. The van der Waals surface area contributed by atoms with E-state index in [9.17, 15) is 9.59 Å². The molecule has 1 fully saturated rings. The number of aromatic amines is 1. The summed E-state index contributed by atoms with van der Waals surface area (Å²) < 4.78 is 0. The highest BCUT2D eigenvalue weighted by Gasteiger charge is 2.36. The van der Waals surface area contributed by atoms with Crippen LogP contribution in [-0.2, 0) is 17.8 Å². The largest absolute Gasteiger partial charge is 0.361 e. The first-order chi connectivity index (χ1) is 19.4. The van der Waals surface area contributed by atoms with E-state index in [-0.39, 0.29) is 5.91 Å². The van der Waals surface area contributed by atoms with Crippen LogP contribution in [-0.4, -0.2) is 65.1 Å². The normalized spacial score (nSPS) is 15.3. The number of benzene rings is 3. The van der Waals surface area contributed by atoms with Crippen LogP contribution in [0.15, 0.2) is 85.1 Å². The molecular formula is C32H38N6O2. The molecule has 208 valence electrons. The highest BCUT2D eigenvalue weighted by Crippen LogP contribution is 2.30. The number of fused-ring (bicyclic) bond motifs is 1. The Bertz CT molecular complexity index is 1440. The Morgan fingerprint density at radius 2 is 1.73 bits per heavy atom. The molecule has 0 spiro atoms. The zero-order chi connectivity index (χ0) is 28.1. The molecule has 0 radical (unpaired) electrons. The van der Waals surface area contributed by atoms with E-state index in [1.165, 1.54) is 10.6 Å². The van der Waals surface area contributed by atoms with E-state index in [1.807, 2.05) is 79.9 Å². The van der Waals surface area contributed by atoms with Crippen molar-refractivity contribution >= 4 is 28.5 Å². The lowest BCUT2D eigenvalue weighted by atomic mass is 9.90. The fourth-order valence-electron chi connectivity index (χ4n) is 5.77. The summed E-state index contributed by atoms with van der Waals surface area (Å²) in [4.78, 5) is 32.4. The molecule has 1 aromatic heterocycles. The summed E-state index contributed by atoms with van der Waals surface area (Å²) in [7, 11) is 4.02. The second-order valence-corrected chi connectivity index (χ2v) is 10.8. The molecule has 5 rings (SSSR count). The summed E-state index contributed by atoms with van der Waals surface area (Å²) in [5, 5.41) is 7.56. The number of piperidine rings is 1. The van der Waals surface area contributed by atoms with Crippen molar-refractivity contribution in [2.75, 3.05) is 32.5 Å². The summed E-state index contributed by atoms with van der Waals surface area (Å²) in [6.07, 6.45) is 4.00. The number of anilines is 1. The Morgan fingerprint density at radius 1 is 1.00 bits per heavy atom. The van der Waals surface area contributed by atoms with Crippen LogP contribution >= 0.6 is 0 Å². The van der Waals surface area contributed by atoms with Gasteiger partial charge in [-0.05, 0) is 67.7 Å². The monoisotopic (exact) mass is 538 g/mol. The van der Waals surface area contributed by atoms with Gasteiger partial charge in [0.25, 0.3) is 0 Å². The zero-order valence-corrected chi connectivity index (χ0v) is 23.2. The third kappa shape index (κ3) is 6.35. The number of hydrogen-bond acceptors (Lipinski definition) is 4. The van der Waals surface area contributed by atoms with Crippen molar-refractivity contribution in [3.8, 4) is 0 Å². The van der Waals surface area contributed by atoms with Crippen molar-refractivity contribution in [1.82, 2.24) is 19.9 Å². The third-order valence-corrected chi connectivity index (χ3v) is 7.65. The van der Waals surface area contributed by atoms with Gasteiger partial charge in [-0.15, -0.1) is 0 Å². The predicted molar refractivity (Wildman–Crippen MR) is 160 cm³/mol. The van der Waals surface area contributed by atoms with Crippen LogP contribution in [0.1, 0.15) is 35.4 Å². The summed E-state index contributed by atoms with van der Waals surface area (Å²) in [6, 6.07) is 24.8. The molecule has 1 aliphatic heterocycles. The van der Waals surface area contributed by atoms with Gasteiger partial charge >= 0.3 is 6.03 Å². The van der Waals surface area contributed by atoms with Crippen LogP contribution in [0.3, 0.4) is 0 Å². The highest BCUT2D eigenvalue weighted by atomic mass is 16.2. The number of nitrogens with one attached hydrogen (secondary N) is 2. The predicted octanol–water partition coefficient (Wildman–Crippen LogP) is 4.95.